The molecule has 1 aliphatic rings. The molecule has 6 nitrogen and oxygen atoms in total. The zero-order chi connectivity index (χ0) is 14.4. The number of anilines is 2. The van der Waals surface area contributed by atoms with E-state index >= 15 is 0 Å². The summed E-state index contributed by atoms with van der Waals surface area (Å²) in [5, 5.41) is 10.2. The van der Waals surface area contributed by atoms with Gasteiger partial charge in [-0.1, -0.05) is 0 Å². The van der Waals surface area contributed by atoms with Crippen molar-refractivity contribution in [2.45, 2.75) is 0 Å². The molecule has 0 spiro atoms. The van der Waals surface area contributed by atoms with Crippen molar-refractivity contribution in [3.05, 3.63) is 35.4 Å². The largest absolute Gasteiger partial charge is 0.399 e. The molecule has 0 aromatic heterocycles. The van der Waals surface area contributed by atoms with Crippen LogP contribution in [-0.2, 0) is 0 Å². The maximum Gasteiger partial charge on any atom is 0.261 e. The van der Waals surface area contributed by atoms with Crippen molar-refractivity contribution < 1.29 is 14.7 Å². The van der Waals surface area contributed by atoms with Crippen LogP contribution in [-0.4, -0.2) is 35.0 Å². The number of aliphatic hydroxyl groups is 1. The molecule has 1 heterocycles. The minimum atomic E-state index is -0.446. The Balaban J connectivity index is 2.38. The highest BCUT2D eigenvalue weighted by molar-refractivity contribution is 6.26. The van der Waals surface area contributed by atoms with Gasteiger partial charge in [0.05, 0.1) is 24.3 Å². The van der Waals surface area contributed by atoms with Crippen LogP contribution in [0.3, 0.4) is 0 Å². The molecule has 2 aromatic carbocycles. The SMILES string of the molecule is Nc1cc2c3c(cc(N)cc3c1)C(=O)N(CCO)C2=O. The predicted octanol–water partition coefficient (Wildman–Crippen LogP) is 0.593. The molecule has 0 atom stereocenters. The lowest BCUT2D eigenvalue weighted by atomic mass is 9.93. The first-order valence-electron chi connectivity index (χ1n) is 6.12. The molecule has 0 aliphatic carbocycles. The second kappa shape index (κ2) is 4.21. The van der Waals surface area contributed by atoms with Gasteiger partial charge in [0.25, 0.3) is 11.8 Å². The summed E-state index contributed by atoms with van der Waals surface area (Å²) in [4.78, 5) is 25.7. The van der Waals surface area contributed by atoms with Crippen molar-refractivity contribution >= 4 is 34.0 Å². The third kappa shape index (κ3) is 1.62. The van der Waals surface area contributed by atoms with Gasteiger partial charge in [-0.3, -0.25) is 14.5 Å². The fourth-order valence-electron chi connectivity index (χ4n) is 2.59. The Bertz CT molecular complexity index is 698. The number of nitrogens with two attached hydrogens (primary N) is 2. The van der Waals surface area contributed by atoms with Gasteiger partial charge in [-0.2, -0.15) is 0 Å². The minimum absolute atomic E-state index is 0.0534. The van der Waals surface area contributed by atoms with E-state index < -0.39 is 11.8 Å². The molecule has 0 fully saturated rings. The summed E-state index contributed by atoms with van der Waals surface area (Å²) in [7, 11) is 0. The van der Waals surface area contributed by atoms with Crippen LogP contribution >= 0.6 is 0 Å². The number of nitrogen functional groups attached to an aromatic ring is 2. The van der Waals surface area contributed by atoms with E-state index in [4.69, 9.17) is 16.6 Å². The Kier molecular flexibility index (Phi) is 2.62. The molecule has 0 radical (unpaired) electrons. The molecule has 3 rings (SSSR count). The highest BCUT2D eigenvalue weighted by atomic mass is 16.3. The normalized spacial score (nSPS) is 14.2. The lowest BCUT2D eigenvalue weighted by molar-refractivity contribution is 0.0580. The summed E-state index contributed by atoms with van der Waals surface area (Å²) in [5.41, 5.74) is 13.2. The second-order valence-electron chi connectivity index (χ2n) is 4.72. The maximum atomic E-state index is 12.3. The van der Waals surface area contributed by atoms with Crippen LogP contribution in [0.2, 0.25) is 0 Å². The van der Waals surface area contributed by atoms with Crippen molar-refractivity contribution in [1.82, 2.24) is 4.90 Å². The summed E-state index contributed by atoms with van der Waals surface area (Å²) >= 11 is 0. The van der Waals surface area contributed by atoms with Crippen LogP contribution in [0.1, 0.15) is 20.7 Å². The van der Waals surface area contributed by atoms with E-state index in [1.807, 2.05) is 0 Å². The third-order valence-electron chi connectivity index (χ3n) is 3.37. The highest BCUT2D eigenvalue weighted by Crippen LogP contribution is 2.33. The first kappa shape index (κ1) is 12.4. The Morgan fingerprint density at radius 1 is 0.950 bits per heavy atom. The summed E-state index contributed by atoms with van der Waals surface area (Å²) in [6.07, 6.45) is 0. The van der Waals surface area contributed by atoms with Gasteiger partial charge in [-0.15, -0.1) is 0 Å². The van der Waals surface area contributed by atoms with Gasteiger partial charge in [0.1, 0.15) is 0 Å². The molecule has 6 heteroatoms. The quantitative estimate of drug-likeness (QED) is 0.547. The van der Waals surface area contributed by atoms with E-state index in [9.17, 15) is 9.59 Å². The molecule has 0 saturated heterocycles. The fourth-order valence-corrected chi connectivity index (χ4v) is 2.59. The number of amides is 2. The van der Waals surface area contributed by atoms with Crippen molar-refractivity contribution in [2.24, 2.45) is 0 Å². The average Bonchev–Trinajstić information content (AvgIpc) is 2.39. The van der Waals surface area contributed by atoms with Crippen LogP contribution in [0.15, 0.2) is 24.3 Å². The number of imide groups is 1. The van der Waals surface area contributed by atoms with Crippen molar-refractivity contribution in [2.75, 3.05) is 24.6 Å². The maximum absolute atomic E-state index is 12.3. The first-order chi connectivity index (χ1) is 9.52. The Morgan fingerprint density at radius 2 is 1.45 bits per heavy atom. The van der Waals surface area contributed by atoms with Crippen molar-refractivity contribution in [3.63, 3.8) is 0 Å². The topological polar surface area (TPSA) is 110 Å². The summed E-state index contributed by atoms with van der Waals surface area (Å²) in [6.45, 7) is -0.344. The molecule has 2 amide bonds. The number of hydrogen-bond acceptors (Lipinski definition) is 5. The number of aliphatic hydroxyl groups excluding tert-OH is 1. The number of hydrogen-bond donors (Lipinski definition) is 3. The zero-order valence-electron chi connectivity index (χ0n) is 10.6. The molecule has 1 aliphatic heterocycles. The Hall–Kier alpha value is -2.60. The zero-order valence-corrected chi connectivity index (χ0v) is 10.6. The number of β-amino-alcohol motifs (C(OH)–C–C–N with tert-alkyl or cyclic N) is 1. The standard InChI is InChI=1S/C14H13N3O3/c15-8-3-7-4-9(16)6-11-12(7)10(5-8)13(19)17(1-2-18)14(11)20/h3-6,18H,1-2,15-16H2. The molecule has 2 aromatic rings. The van der Waals surface area contributed by atoms with E-state index in [2.05, 4.69) is 0 Å². The van der Waals surface area contributed by atoms with Gasteiger partial charge in [0.15, 0.2) is 0 Å². The highest BCUT2D eigenvalue weighted by Gasteiger charge is 2.32. The molecular weight excluding hydrogens is 258 g/mol. The van der Waals surface area contributed by atoms with Crippen LogP contribution in [0.25, 0.3) is 10.8 Å². The molecule has 0 unspecified atom stereocenters. The Labute approximate surface area is 114 Å². The molecule has 20 heavy (non-hydrogen) atoms. The number of nitrogens with zero attached hydrogens (tertiary/aromatic N) is 1. The molecule has 0 bridgehead atoms. The van der Waals surface area contributed by atoms with Gasteiger partial charge in [0, 0.05) is 16.8 Å². The van der Waals surface area contributed by atoms with Gasteiger partial charge < -0.3 is 16.6 Å². The molecule has 0 saturated carbocycles. The van der Waals surface area contributed by atoms with Crippen LogP contribution in [0.5, 0.6) is 0 Å². The van der Waals surface area contributed by atoms with Crippen LogP contribution < -0.4 is 11.5 Å². The Morgan fingerprint density at radius 3 is 1.90 bits per heavy atom. The summed E-state index contributed by atoms with van der Waals surface area (Å²) < 4.78 is 0. The van der Waals surface area contributed by atoms with Gasteiger partial charge in [0.2, 0.25) is 0 Å². The van der Waals surface area contributed by atoms with Crippen molar-refractivity contribution in [3.8, 4) is 0 Å². The lowest BCUT2D eigenvalue weighted by Gasteiger charge is -2.27. The number of carbonyl (C=O) groups is 2. The van der Waals surface area contributed by atoms with E-state index in [1.54, 1.807) is 24.3 Å². The molecule has 102 valence electrons. The summed E-state index contributed by atoms with van der Waals surface area (Å²) in [5.74, 6) is -0.891. The van der Waals surface area contributed by atoms with E-state index in [0.29, 0.717) is 33.3 Å². The van der Waals surface area contributed by atoms with Crippen molar-refractivity contribution in [1.29, 1.82) is 0 Å². The smallest absolute Gasteiger partial charge is 0.261 e. The van der Waals surface area contributed by atoms with Gasteiger partial charge >= 0.3 is 0 Å². The van der Waals surface area contributed by atoms with Gasteiger partial charge in [-0.05, 0) is 29.7 Å². The number of benzene rings is 2. The average molecular weight is 271 g/mol. The van der Waals surface area contributed by atoms with Crippen LogP contribution in [0, 0.1) is 0 Å². The number of carbonyl (C=O) groups excluding carboxylic acids is 2. The number of rotatable bonds is 2. The van der Waals surface area contributed by atoms with Crippen LogP contribution in [0.4, 0.5) is 11.4 Å². The third-order valence-corrected chi connectivity index (χ3v) is 3.37. The van der Waals surface area contributed by atoms with E-state index in [-0.39, 0.29) is 13.2 Å². The monoisotopic (exact) mass is 271 g/mol. The molecule has 5 N–H and O–H groups in total. The lowest BCUT2D eigenvalue weighted by Crippen LogP contribution is -2.42. The molecular formula is C14H13N3O3. The fraction of sp³-hybridized carbons (Fsp3) is 0.143. The predicted molar refractivity (Wildman–Crippen MR) is 75.2 cm³/mol. The van der Waals surface area contributed by atoms with Gasteiger partial charge in [-0.25, -0.2) is 0 Å². The summed E-state index contributed by atoms with van der Waals surface area (Å²) in [6, 6.07) is 6.45. The van der Waals surface area contributed by atoms with E-state index in [1.165, 1.54) is 0 Å². The first-order valence-corrected chi connectivity index (χ1v) is 6.12. The minimum Gasteiger partial charge on any atom is -0.399 e. The van der Waals surface area contributed by atoms with E-state index in [0.717, 1.165) is 4.90 Å². The second-order valence-corrected chi connectivity index (χ2v) is 4.72.